The zero-order valence-corrected chi connectivity index (χ0v) is 30.4. The first-order valence-corrected chi connectivity index (χ1v) is 17.2. The SMILES string of the molecule is C[C@@H](O)[C@H](NC(=O)[C@H](CS)NC(=O)[C@@H](N)CO)C(=O)N1CCC[C@H]1C(=O)NCC(=O)N[C@@H](CCCN=C(N)N)C(=O)NCC(=O)N[C@@H](CC(=O)O)C(N)=O. The minimum absolute atomic E-state index is 0.0454. The highest BCUT2D eigenvalue weighted by Crippen LogP contribution is 2.19. The lowest BCUT2D eigenvalue weighted by Gasteiger charge is -2.31. The molecule has 0 aromatic heterocycles. The highest BCUT2D eigenvalue weighted by atomic mass is 32.1. The standard InChI is InChI=1S/C29H50N12O12S/c1-13(43)22(40-26(51)17(12-54)39-24(49)14(30)11-42)28(53)41-7-3-5-18(41)27(52)36-10-19(44)37-15(4-2-6-34-29(32)33)25(50)35-9-20(45)38-16(23(31)48)8-21(46)47/h13-18,22,42-43,54H,2-12,30H2,1H3,(H2,31,48)(H,35,50)(H,36,52)(H,37,44)(H,38,45)(H,39,49)(H,40,51)(H,46,47)(H4,32,33,34)/t13-,14+,15+,16+,17+,18+,22+/m1/s1. The highest BCUT2D eigenvalue weighted by molar-refractivity contribution is 7.80. The molecule has 7 atom stereocenters. The summed E-state index contributed by atoms with van der Waals surface area (Å²) in [7, 11) is 0. The van der Waals surface area contributed by atoms with Crippen molar-refractivity contribution >= 4 is 71.8 Å². The molecule has 1 rings (SSSR count). The topological polar surface area (TPSA) is 406 Å². The Balaban J connectivity index is 2.92. The summed E-state index contributed by atoms with van der Waals surface area (Å²) in [6.07, 6.45) is -1.61. The van der Waals surface area contributed by atoms with Gasteiger partial charge in [0.25, 0.3) is 0 Å². The maximum Gasteiger partial charge on any atom is 0.305 e. The Bertz CT molecular complexity index is 1410. The van der Waals surface area contributed by atoms with Gasteiger partial charge in [-0.25, -0.2) is 0 Å². The molecule has 54 heavy (non-hydrogen) atoms. The van der Waals surface area contributed by atoms with Gasteiger partial charge in [0.15, 0.2) is 5.96 Å². The van der Waals surface area contributed by atoms with Crippen LogP contribution in [0.5, 0.6) is 0 Å². The van der Waals surface area contributed by atoms with E-state index < -0.39 is 122 Å². The van der Waals surface area contributed by atoms with Crippen molar-refractivity contribution < 1.29 is 58.5 Å². The number of aliphatic hydroxyl groups is 2. The van der Waals surface area contributed by atoms with Gasteiger partial charge < -0.3 is 75.1 Å². The van der Waals surface area contributed by atoms with Crippen LogP contribution in [0.15, 0.2) is 4.99 Å². The molecule has 17 N–H and O–H groups in total. The predicted octanol–water partition coefficient (Wildman–Crippen LogP) is -8.21. The first kappa shape index (κ1) is 46.8. The zero-order chi connectivity index (χ0) is 41.1. The van der Waals surface area contributed by atoms with E-state index in [4.69, 9.17) is 33.1 Å². The van der Waals surface area contributed by atoms with E-state index in [9.17, 15) is 48.3 Å². The average molecular weight is 791 g/mol. The molecule has 1 aliphatic rings. The largest absolute Gasteiger partial charge is 0.481 e. The molecule has 1 heterocycles. The minimum Gasteiger partial charge on any atom is -0.481 e. The predicted molar refractivity (Wildman–Crippen MR) is 190 cm³/mol. The van der Waals surface area contributed by atoms with Crippen molar-refractivity contribution in [2.75, 3.05) is 38.5 Å². The van der Waals surface area contributed by atoms with Crippen molar-refractivity contribution in [2.45, 2.75) is 81.4 Å². The van der Waals surface area contributed by atoms with E-state index in [0.717, 1.165) is 4.90 Å². The number of nitrogens with zero attached hydrogens (tertiary/aromatic N) is 2. The van der Waals surface area contributed by atoms with Gasteiger partial charge in [-0.05, 0) is 32.6 Å². The normalized spacial score (nSPS) is 16.9. The summed E-state index contributed by atoms with van der Waals surface area (Å²) in [5.74, 6) is -8.99. The van der Waals surface area contributed by atoms with Crippen LogP contribution in [-0.2, 0) is 43.2 Å². The van der Waals surface area contributed by atoms with Crippen LogP contribution in [0.3, 0.4) is 0 Å². The monoisotopic (exact) mass is 790 g/mol. The molecule has 24 nitrogen and oxygen atoms in total. The van der Waals surface area contributed by atoms with Crippen molar-refractivity contribution in [3.8, 4) is 0 Å². The number of nitrogens with one attached hydrogen (secondary N) is 6. The molecule has 0 aromatic carbocycles. The third kappa shape index (κ3) is 16.2. The molecule has 1 saturated heterocycles. The van der Waals surface area contributed by atoms with Crippen molar-refractivity contribution in [3.05, 3.63) is 0 Å². The van der Waals surface area contributed by atoms with Gasteiger partial charge in [0.1, 0.15) is 36.3 Å². The molecule has 0 unspecified atom stereocenters. The van der Waals surface area contributed by atoms with Crippen molar-refractivity contribution in [2.24, 2.45) is 27.9 Å². The number of nitrogens with two attached hydrogens (primary N) is 4. The number of guanidine groups is 1. The molecule has 0 spiro atoms. The van der Waals surface area contributed by atoms with Gasteiger partial charge in [-0.1, -0.05) is 0 Å². The maximum atomic E-state index is 13.5. The molecular formula is C29H50N12O12S. The second-order valence-electron chi connectivity index (χ2n) is 12.1. The van der Waals surface area contributed by atoms with Gasteiger partial charge in [0, 0.05) is 18.8 Å². The number of carbonyl (C=O) groups excluding carboxylic acids is 8. The fourth-order valence-electron chi connectivity index (χ4n) is 4.92. The smallest absolute Gasteiger partial charge is 0.305 e. The van der Waals surface area contributed by atoms with Crippen molar-refractivity contribution in [3.63, 3.8) is 0 Å². The third-order valence-corrected chi connectivity index (χ3v) is 8.10. The molecule has 304 valence electrons. The summed E-state index contributed by atoms with van der Waals surface area (Å²) in [5.41, 5.74) is 21.2. The molecule has 25 heteroatoms. The molecule has 8 amide bonds. The molecule has 0 aliphatic carbocycles. The number of carboxylic acids is 1. The Morgan fingerprint density at radius 2 is 1.48 bits per heavy atom. The minimum atomic E-state index is -1.56. The molecule has 0 bridgehead atoms. The van der Waals surface area contributed by atoms with Gasteiger partial charge in [0.05, 0.1) is 32.2 Å². The molecule has 0 aromatic rings. The number of aliphatic imine (C=N–C) groups is 1. The number of rotatable bonds is 23. The van der Waals surface area contributed by atoms with Gasteiger partial charge >= 0.3 is 5.97 Å². The third-order valence-electron chi connectivity index (χ3n) is 7.73. The van der Waals surface area contributed by atoms with Crippen LogP contribution in [0.2, 0.25) is 0 Å². The maximum absolute atomic E-state index is 13.5. The van der Waals surface area contributed by atoms with Gasteiger partial charge in [0.2, 0.25) is 47.3 Å². The van der Waals surface area contributed by atoms with E-state index in [2.05, 4.69) is 49.5 Å². The number of hydrogen-bond acceptors (Lipinski definition) is 14. The number of thiol groups is 1. The van der Waals surface area contributed by atoms with E-state index in [1.54, 1.807) is 0 Å². The zero-order valence-electron chi connectivity index (χ0n) is 29.5. The van der Waals surface area contributed by atoms with Gasteiger partial charge in [-0.2, -0.15) is 12.6 Å². The van der Waals surface area contributed by atoms with E-state index in [-0.39, 0.29) is 44.1 Å². The van der Waals surface area contributed by atoms with E-state index in [1.165, 1.54) is 6.92 Å². The Labute approximate surface area is 314 Å². The van der Waals surface area contributed by atoms with E-state index in [1.807, 2.05) is 0 Å². The number of amides is 8. The molecule has 0 radical (unpaired) electrons. The summed E-state index contributed by atoms with van der Waals surface area (Å²) >= 11 is 4.02. The molecular weight excluding hydrogens is 740 g/mol. The van der Waals surface area contributed by atoms with Crippen LogP contribution in [0.4, 0.5) is 0 Å². The number of carbonyl (C=O) groups is 9. The van der Waals surface area contributed by atoms with Crippen LogP contribution >= 0.6 is 12.6 Å². The molecule has 1 fully saturated rings. The Morgan fingerprint density at radius 3 is 2.02 bits per heavy atom. The average Bonchev–Trinajstić information content (AvgIpc) is 3.60. The lowest BCUT2D eigenvalue weighted by atomic mass is 10.1. The molecule has 0 saturated carbocycles. The number of aliphatic carboxylic acids is 1. The fraction of sp³-hybridized carbons (Fsp3) is 0.655. The molecule has 1 aliphatic heterocycles. The number of carboxylic acid groups (broad SMARTS) is 1. The number of primary amides is 1. The van der Waals surface area contributed by atoms with Crippen LogP contribution in [0.25, 0.3) is 0 Å². The second kappa shape index (κ2) is 23.4. The van der Waals surface area contributed by atoms with Crippen LogP contribution in [0, 0.1) is 0 Å². The summed E-state index contributed by atoms with van der Waals surface area (Å²) in [6, 6.07) is -8.12. The fourth-order valence-corrected chi connectivity index (χ4v) is 5.17. The van der Waals surface area contributed by atoms with Crippen molar-refractivity contribution in [1.82, 2.24) is 36.8 Å². The summed E-state index contributed by atoms with van der Waals surface area (Å²) in [6.45, 7) is -0.736. The van der Waals surface area contributed by atoms with E-state index in [0.29, 0.717) is 6.42 Å². The quantitative estimate of drug-likeness (QED) is 0.0198. The summed E-state index contributed by atoms with van der Waals surface area (Å²) in [5, 5.41) is 42.1. The van der Waals surface area contributed by atoms with Gasteiger partial charge in [-0.3, -0.25) is 48.1 Å². The number of aliphatic hydroxyl groups excluding tert-OH is 2. The summed E-state index contributed by atoms with van der Waals surface area (Å²) in [4.78, 5) is 117. The second-order valence-corrected chi connectivity index (χ2v) is 12.4. The highest BCUT2D eigenvalue weighted by Gasteiger charge is 2.40. The van der Waals surface area contributed by atoms with Crippen LogP contribution < -0.4 is 54.8 Å². The number of hydrogen-bond donors (Lipinski definition) is 14. The Kier molecular flexibility index (Phi) is 20.3. The lowest BCUT2D eigenvalue weighted by molar-refractivity contribution is -0.144. The first-order chi connectivity index (χ1) is 25.3. The van der Waals surface area contributed by atoms with Crippen LogP contribution in [-0.4, -0.2) is 160 Å². The van der Waals surface area contributed by atoms with Gasteiger partial charge in [-0.15, -0.1) is 0 Å². The Hall–Kier alpha value is -5.27. The van der Waals surface area contributed by atoms with Crippen molar-refractivity contribution in [1.29, 1.82) is 0 Å². The Morgan fingerprint density at radius 1 is 0.870 bits per heavy atom. The van der Waals surface area contributed by atoms with Crippen LogP contribution in [0.1, 0.15) is 39.0 Å². The first-order valence-electron chi connectivity index (χ1n) is 16.6. The number of likely N-dealkylation sites (tertiary alicyclic amines) is 1. The van der Waals surface area contributed by atoms with E-state index >= 15 is 0 Å². The summed E-state index contributed by atoms with van der Waals surface area (Å²) < 4.78 is 0. The lowest BCUT2D eigenvalue weighted by Crippen LogP contribution is -2.61.